The number of hydrogen-bond acceptors (Lipinski definition) is 2. The van der Waals surface area contributed by atoms with E-state index in [1.54, 1.807) is 29.2 Å². The molecule has 0 fully saturated rings. The molecule has 0 aliphatic carbocycles. The molecule has 4 nitrogen and oxygen atoms in total. The standard InChI is InChI=1S/C22H26Cl2N2O2/c1-4-20(22(28)25-15(2)3)26(14-16-8-10-18(23)11-9-16)21(27)13-17-6-5-7-19(24)12-17/h5-12,15,20H,4,13-14H2,1-3H3,(H,25,28)/t20-/m0/s1. The van der Waals surface area contributed by atoms with Gasteiger partial charge in [-0.2, -0.15) is 0 Å². The molecule has 150 valence electrons. The van der Waals surface area contributed by atoms with Gasteiger partial charge in [0.1, 0.15) is 6.04 Å². The number of nitrogens with zero attached hydrogens (tertiary/aromatic N) is 1. The summed E-state index contributed by atoms with van der Waals surface area (Å²) in [6.45, 7) is 6.05. The molecule has 0 heterocycles. The van der Waals surface area contributed by atoms with Crippen molar-refractivity contribution in [2.75, 3.05) is 0 Å². The van der Waals surface area contributed by atoms with Gasteiger partial charge in [0.25, 0.3) is 0 Å². The summed E-state index contributed by atoms with van der Waals surface area (Å²) in [5, 5.41) is 4.13. The second-order valence-electron chi connectivity index (χ2n) is 7.04. The zero-order valence-electron chi connectivity index (χ0n) is 16.4. The Kier molecular flexibility index (Phi) is 8.34. The van der Waals surface area contributed by atoms with E-state index in [1.165, 1.54) is 0 Å². The Morgan fingerprint density at radius 3 is 2.25 bits per heavy atom. The average molecular weight is 421 g/mol. The minimum absolute atomic E-state index is 0.00182. The van der Waals surface area contributed by atoms with Gasteiger partial charge in [0, 0.05) is 22.6 Å². The van der Waals surface area contributed by atoms with Crippen LogP contribution in [0.4, 0.5) is 0 Å². The highest BCUT2D eigenvalue weighted by molar-refractivity contribution is 6.30. The van der Waals surface area contributed by atoms with Gasteiger partial charge in [-0.25, -0.2) is 0 Å². The summed E-state index contributed by atoms with van der Waals surface area (Å²) >= 11 is 12.0. The second-order valence-corrected chi connectivity index (χ2v) is 7.92. The van der Waals surface area contributed by atoms with Crippen molar-refractivity contribution in [2.24, 2.45) is 0 Å². The molecule has 0 spiro atoms. The van der Waals surface area contributed by atoms with Crippen LogP contribution in [0.3, 0.4) is 0 Å². The number of rotatable bonds is 8. The molecule has 0 unspecified atom stereocenters. The predicted octanol–water partition coefficient (Wildman–Crippen LogP) is 4.87. The van der Waals surface area contributed by atoms with E-state index in [0.29, 0.717) is 23.0 Å². The lowest BCUT2D eigenvalue weighted by atomic mass is 10.1. The van der Waals surface area contributed by atoms with Crippen LogP contribution in [0.2, 0.25) is 10.0 Å². The first kappa shape index (κ1) is 22.3. The summed E-state index contributed by atoms with van der Waals surface area (Å²) in [5.74, 6) is -0.270. The SMILES string of the molecule is CC[C@@H](C(=O)NC(C)C)N(Cc1ccc(Cl)cc1)C(=O)Cc1cccc(Cl)c1. The Hall–Kier alpha value is -2.04. The van der Waals surface area contributed by atoms with Crippen molar-refractivity contribution in [1.82, 2.24) is 10.2 Å². The van der Waals surface area contributed by atoms with Gasteiger partial charge in [0.05, 0.1) is 6.42 Å². The molecule has 2 amide bonds. The number of hydrogen-bond donors (Lipinski definition) is 1. The summed E-state index contributed by atoms with van der Waals surface area (Å²) in [4.78, 5) is 27.5. The Morgan fingerprint density at radius 1 is 1.00 bits per heavy atom. The van der Waals surface area contributed by atoms with Gasteiger partial charge in [-0.15, -0.1) is 0 Å². The molecular formula is C22H26Cl2N2O2. The minimum atomic E-state index is -0.551. The van der Waals surface area contributed by atoms with Crippen molar-refractivity contribution in [3.63, 3.8) is 0 Å². The monoisotopic (exact) mass is 420 g/mol. The van der Waals surface area contributed by atoms with Crippen LogP contribution < -0.4 is 5.32 Å². The molecular weight excluding hydrogens is 395 g/mol. The Bertz CT molecular complexity index is 806. The van der Waals surface area contributed by atoms with Crippen LogP contribution in [0.5, 0.6) is 0 Å². The largest absolute Gasteiger partial charge is 0.352 e. The molecule has 28 heavy (non-hydrogen) atoms. The van der Waals surface area contributed by atoms with Crippen LogP contribution >= 0.6 is 23.2 Å². The van der Waals surface area contributed by atoms with Crippen molar-refractivity contribution in [3.8, 4) is 0 Å². The molecule has 0 aliphatic heterocycles. The fourth-order valence-corrected chi connectivity index (χ4v) is 3.35. The van der Waals surface area contributed by atoms with Gasteiger partial charge in [0.15, 0.2) is 0 Å². The number of carbonyl (C=O) groups excluding carboxylic acids is 2. The zero-order chi connectivity index (χ0) is 20.7. The van der Waals surface area contributed by atoms with E-state index in [2.05, 4.69) is 5.32 Å². The van der Waals surface area contributed by atoms with Crippen LogP contribution in [-0.4, -0.2) is 28.8 Å². The van der Waals surface area contributed by atoms with E-state index in [-0.39, 0.29) is 24.3 Å². The molecule has 0 saturated carbocycles. The van der Waals surface area contributed by atoms with E-state index in [0.717, 1.165) is 11.1 Å². The molecule has 0 radical (unpaired) electrons. The quantitative estimate of drug-likeness (QED) is 0.661. The Morgan fingerprint density at radius 2 is 1.68 bits per heavy atom. The summed E-state index contributed by atoms with van der Waals surface area (Å²) in [5.41, 5.74) is 1.73. The number of carbonyl (C=O) groups is 2. The van der Waals surface area contributed by atoms with Gasteiger partial charge in [-0.1, -0.05) is 54.4 Å². The fraction of sp³-hybridized carbons (Fsp3) is 0.364. The Balaban J connectivity index is 2.28. The first-order chi connectivity index (χ1) is 13.3. The molecule has 1 atom stereocenters. The first-order valence-corrected chi connectivity index (χ1v) is 10.1. The summed E-state index contributed by atoms with van der Waals surface area (Å²) < 4.78 is 0. The topological polar surface area (TPSA) is 49.4 Å². The van der Waals surface area contributed by atoms with Crippen molar-refractivity contribution in [3.05, 3.63) is 69.7 Å². The van der Waals surface area contributed by atoms with Gasteiger partial charge < -0.3 is 10.2 Å². The lowest BCUT2D eigenvalue weighted by molar-refractivity contribution is -0.141. The normalized spacial score (nSPS) is 11.9. The van der Waals surface area contributed by atoms with Crippen molar-refractivity contribution >= 4 is 35.0 Å². The Labute approximate surface area is 176 Å². The third-order valence-electron chi connectivity index (χ3n) is 4.33. The lowest BCUT2D eigenvalue weighted by Crippen LogP contribution is -2.50. The highest BCUT2D eigenvalue weighted by atomic mass is 35.5. The van der Waals surface area contributed by atoms with E-state index in [9.17, 15) is 9.59 Å². The van der Waals surface area contributed by atoms with Gasteiger partial charge >= 0.3 is 0 Å². The van der Waals surface area contributed by atoms with Gasteiger partial charge in [-0.05, 0) is 55.7 Å². The van der Waals surface area contributed by atoms with Gasteiger partial charge in [0.2, 0.25) is 11.8 Å². The second kappa shape index (κ2) is 10.5. The first-order valence-electron chi connectivity index (χ1n) is 9.39. The van der Waals surface area contributed by atoms with Crippen LogP contribution in [0.1, 0.15) is 38.3 Å². The molecule has 2 rings (SSSR count). The van der Waals surface area contributed by atoms with Crippen molar-refractivity contribution < 1.29 is 9.59 Å². The third-order valence-corrected chi connectivity index (χ3v) is 4.81. The van der Waals surface area contributed by atoms with E-state index >= 15 is 0 Å². The molecule has 2 aromatic rings. The lowest BCUT2D eigenvalue weighted by Gasteiger charge is -2.31. The highest BCUT2D eigenvalue weighted by Crippen LogP contribution is 2.18. The number of amides is 2. The summed E-state index contributed by atoms with van der Waals surface area (Å²) in [6, 6.07) is 14.0. The highest BCUT2D eigenvalue weighted by Gasteiger charge is 2.29. The number of nitrogens with one attached hydrogen (secondary N) is 1. The van der Waals surface area contributed by atoms with Crippen LogP contribution in [-0.2, 0) is 22.6 Å². The maximum atomic E-state index is 13.2. The van der Waals surface area contributed by atoms with E-state index < -0.39 is 6.04 Å². The molecule has 0 bridgehead atoms. The van der Waals surface area contributed by atoms with Crippen LogP contribution in [0, 0.1) is 0 Å². The van der Waals surface area contributed by atoms with Crippen LogP contribution in [0.15, 0.2) is 48.5 Å². The van der Waals surface area contributed by atoms with Crippen molar-refractivity contribution in [1.29, 1.82) is 0 Å². The predicted molar refractivity (Wildman–Crippen MR) is 115 cm³/mol. The van der Waals surface area contributed by atoms with Crippen molar-refractivity contribution in [2.45, 2.75) is 52.2 Å². The van der Waals surface area contributed by atoms with E-state index in [1.807, 2.05) is 45.0 Å². The van der Waals surface area contributed by atoms with E-state index in [4.69, 9.17) is 23.2 Å². The maximum Gasteiger partial charge on any atom is 0.243 e. The summed E-state index contributed by atoms with van der Waals surface area (Å²) in [7, 11) is 0. The third kappa shape index (κ3) is 6.54. The van der Waals surface area contributed by atoms with Crippen LogP contribution in [0.25, 0.3) is 0 Å². The average Bonchev–Trinajstić information content (AvgIpc) is 2.62. The number of benzene rings is 2. The van der Waals surface area contributed by atoms with Gasteiger partial charge in [-0.3, -0.25) is 9.59 Å². The minimum Gasteiger partial charge on any atom is -0.352 e. The molecule has 1 N–H and O–H groups in total. The molecule has 2 aromatic carbocycles. The number of halogens is 2. The molecule has 6 heteroatoms. The summed E-state index contributed by atoms with van der Waals surface area (Å²) in [6.07, 6.45) is 0.701. The fourth-order valence-electron chi connectivity index (χ4n) is 3.01. The smallest absolute Gasteiger partial charge is 0.243 e. The molecule has 0 aromatic heterocycles. The molecule has 0 aliphatic rings. The zero-order valence-corrected chi connectivity index (χ0v) is 17.9. The molecule has 0 saturated heterocycles. The maximum absolute atomic E-state index is 13.2.